The number of carbonyl (C=O) groups is 1. The van der Waals surface area contributed by atoms with Crippen LogP contribution < -0.4 is 11.1 Å². The van der Waals surface area contributed by atoms with Crippen molar-refractivity contribution < 1.29 is 9.53 Å². The summed E-state index contributed by atoms with van der Waals surface area (Å²) in [5.74, 6) is -0.0231. The number of hydrogen-bond acceptors (Lipinski definition) is 3. The average molecular weight is 274 g/mol. The lowest BCUT2D eigenvalue weighted by Gasteiger charge is -2.23. The molecule has 1 fully saturated rings. The second kappa shape index (κ2) is 4.86. The largest absolute Gasteiger partial charge is 0.376 e. The minimum Gasteiger partial charge on any atom is -0.376 e. The summed E-state index contributed by atoms with van der Waals surface area (Å²) in [7, 11) is 0. The summed E-state index contributed by atoms with van der Waals surface area (Å²) in [4.78, 5) is 11.9. The Kier molecular flexibility index (Phi) is 3.30. The Bertz CT molecular complexity index is 562. The van der Waals surface area contributed by atoms with Gasteiger partial charge < -0.3 is 15.8 Å². The summed E-state index contributed by atoms with van der Waals surface area (Å²) < 4.78 is 5.72. The number of fused-ring (bicyclic) bond motifs is 1. The molecule has 20 heavy (non-hydrogen) atoms. The van der Waals surface area contributed by atoms with E-state index in [1.807, 2.05) is 6.92 Å². The van der Waals surface area contributed by atoms with Crippen molar-refractivity contribution in [3.05, 3.63) is 28.3 Å². The van der Waals surface area contributed by atoms with Crippen LogP contribution in [-0.2, 0) is 9.53 Å². The molecule has 0 bridgehead atoms. The first-order valence-electron chi connectivity index (χ1n) is 7.32. The fraction of sp³-hybridized carbons (Fsp3) is 0.562. The number of carbonyl (C=O) groups excluding carboxylic acids is 1. The van der Waals surface area contributed by atoms with Crippen LogP contribution in [0.3, 0.4) is 0 Å². The molecule has 0 aromatic heterocycles. The number of benzene rings is 1. The summed E-state index contributed by atoms with van der Waals surface area (Å²) in [5, 5.41) is 2.98. The second-order valence-corrected chi connectivity index (χ2v) is 5.97. The number of rotatable bonds is 2. The number of hydrogen-bond donors (Lipinski definition) is 2. The number of ether oxygens (including phenoxy) is 1. The number of amides is 1. The quantitative estimate of drug-likeness (QED) is 0.871. The van der Waals surface area contributed by atoms with Crippen molar-refractivity contribution in [1.82, 2.24) is 0 Å². The molecule has 1 aromatic carbocycles. The predicted octanol–water partition coefficient (Wildman–Crippen LogP) is 2.54. The molecule has 4 heteroatoms. The molecule has 108 valence electrons. The second-order valence-electron chi connectivity index (χ2n) is 5.97. The molecule has 1 aromatic rings. The lowest BCUT2D eigenvalue weighted by molar-refractivity contribution is -0.116. The highest BCUT2D eigenvalue weighted by Crippen LogP contribution is 2.40. The van der Waals surface area contributed by atoms with Gasteiger partial charge >= 0.3 is 0 Å². The van der Waals surface area contributed by atoms with E-state index in [0.29, 0.717) is 0 Å². The fourth-order valence-electron chi connectivity index (χ4n) is 3.28. The molecule has 1 amide bonds. The van der Waals surface area contributed by atoms with Gasteiger partial charge in [0, 0.05) is 12.3 Å². The first kappa shape index (κ1) is 13.6. The van der Waals surface area contributed by atoms with Crippen LogP contribution in [0.15, 0.2) is 6.07 Å². The number of nitrogens with one attached hydrogen (secondary N) is 1. The highest BCUT2D eigenvalue weighted by Gasteiger charge is 2.32. The Labute approximate surface area is 119 Å². The Morgan fingerprint density at radius 3 is 2.80 bits per heavy atom. The normalized spacial score (nSPS) is 26.5. The van der Waals surface area contributed by atoms with E-state index >= 15 is 0 Å². The summed E-state index contributed by atoms with van der Waals surface area (Å²) in [6.45, 7) is 6.88. The van der Waals surface area contributed by atoms with Gasteiger partial charge in [0.15, 0.2) is 0 Å². The van der Waals surface area contributed by atoms with Crippen molar-refractivity contribution in [3.63, 3.8) is 0 Å². The van der Waals surface area contributed by atoms with E-state index < -0.39 is 0 Å². The summed E-state index contributed by atoms with van der Waals surface area (Å²) in [6.07, 6.45) is 2.20. The van der Waals surface area contributed by atoms with Gasteiger partial charge in [-0.3, -0.25) is 4.79 Å². The third-order valence-corrected chi connectivity index (χ3v) is 4.80. The van der Waals surface area contributed by atoms with Crippen molar-refractivity contribution in [2.24, 2.45) is 5.73 Å². The smallest absolute Gasteiger partial charge is 0.231 e. The molecule has 0 saturated carbocycles. The van der Waals surface area contributed by atoms with E-state index in [9.17, 15) is 4.79 Å². The van der Waals surface area contributed by atoms with Crippen LogP contribution in [0, 0.1) is 13.8 Å². The lowest BCUT2D eigenvalue weighted by atomic mass is 9.88. The highest BCUT2D eigenvalue weighted by atomic mass is 16.5. The van der Waals surface area contributed by atoms with E-state index in [4.69, 9.17) is 10.5 Å². The molecule has 2 aliphatic rings. The number of anilines is 1. The first-order chi connectivity index (χ1) is 9.50. The van der Waals surface area contributed by atoms with E-state index in [-0.39, 0.29) is 24.0 Å². The van der Waals surface area contributed by atoms with Gasteiger partial charge in [-0.1, -0.05) is 6.07 Å². The molecule has 2 aliphatic heterocycles. The van der Waals surface area contributed by atoms with E-state index in [2.05, 4.69) is 25.2 Å². The lowest BCUT2D eigenvalue weighted by Crippen LogP contribution is -2.26. The molecule has 2 heterocycles. The number of nitrogens with two attached hydrogens (primary N) is 1. The maximum absolute atomic E-state index is 11.9. The summed E-state index contributed by atoms with van der Waals surface area (Å²) in [6, 6.07) is 2.00. The molecule has 3 N–H and O–H groups in total. The Morgan fingerprint density at radius 1 is 1.40 bits per heavy atom. The molecule has 4 nitrogen and oxygen atoms in total. The topological polar surface area (TPSA) is 64.3 Å². The van der Waals surface area contributed by atoms with Gasteiger partial charge in [-0.05, 0) is 55.9 Å². The van der Waals surface area contributed by atoms with Gasteiger partial charge in [-0.15, -0.1) is 0 Å². The third-order valence-electron chi connectivity index (χ3n) is 4.80. The van der Waals surface area contributed by atoms with Crippen LogP contribution in [0.25, 0.3) is 0 Å². The predicted molar refractivity (Wildman–Crippen MR) is 78.9 cm³/mol. The zero-order valence-electron chi connectivity index (χ0n) is 12.3. The van der Waals surface area contributed by atoms with Gasteiger partial charge in [0.2, 0.25) is 5.91 Å². The van der Waals surface area contributed by atoms with Crippen molar-refractivity contribution in [2.45, 2.75) is 51.7 Å². The molecule has 0 spiro atoms. The molecule has 3 rings (SSSR count). The van der Waals surface area contributed by atoms with Crippen LogP contribution >= 0.6 is 0 Å². The zero-order chi connectivity index (χ0) is 14.4. The van der Waals surface area contributed by atoms with Gasteiger partial charge in [0.1, 0.15) is 0 Å². The summed E-state index contributed by atoms with van der Waals surface area (Å²) in [5.41, 5.74) is 11.9. The van der Waals surface area contributed by atoms with E-state index in [0.717, 1.165) is 41.8 Å². The van der Waals surface area contributed by atoms with Gasteiger partial charge in [0.05, 0.1) is 18.1 Å². The molecular weight excluding hydrogens is 252 g/mol. The standard InChI is InChI=1S/C16H22N2O2/c1-8-9(2)15-12(10(3)16(19)18-15)7-11(8)14(17)13-5-4-6-20-13/h7,10,13-14H,4-6,17H2,1-3H3,(H,18,19). The average Bonchev–Trinajstić information content (AvgIpc) is 3.04. The Balaban J connectivity index is 2.04. The SMILES string of the molecule is Cc1c(C(N)C2CCCO2)cc2c(c1C)NC(=O)C2C. The van der Waals surface area contributed by atoms with Gasteiger partial charge in [-0.2, -0.15) is 0 Å². The third kappa shape index (κ3) is 1.95. The molecule has 0 radical (unpaired) electrons. The molecule has 3 atom stereocenters. The van der Waals surface area contributed by atoms with Gasteiger partial charge in [0.25, 0.3) is 0 Å². The Morgan fingerprint density at radius 2 is 2.15 bits per heavy atom. The maximum atomic E-state index is 11.9. The van der Waals surface area contributed by atoms with E-state index in [1.54, 1.807) is 0 Å². The Hall–Kier alpha value is -1.39. The van der Waals surface area contributed by atoms with Crippen LogP contribution in [-0.4, -0.2) is 18.6 Å². The molecule has 3 unspecified atom stereocenters. The fourth-order valence-corrected chi connectivity index (χ4v) is 3.28. The van der Waals surface area contributed by atoms with Crippen molar-refractivity contribution in [3.8, 4) is 0 Å². The molecule has 1 saturated heterocycles. The molecule has 0 aliphatic carbocycles. The molecular formula is C16H22N2O2. The highest BCUT2D eigenvalue weighted by molar-refractivity contribution is 6.03. The van der Waals surface area contributed by atoms with Crippen LogP contribution in [0.5, 0.6) is 0 Å². The van der Waals surface area contributed by atoms with Crippen molar-refractivity contribution >= 4 is 11.6 Å². The first-order valence-corrected chi connectivity index (χ1v) is 7.32. The van der Waals surface area contributed by atoms with Crippen LogP contribution in [0.4, 0.5) is 5.69 Å². The van der Waals surface area contributed by atoms with Crippen molar-refractivity contribution in [2.75, 3.05) is 11.9 Å². The van der Waals surface area contributed by atoms with E-state index in [1.165, 1.54) is 5.56 Å². The maximum Gasteiger partial charge on any atom is 0.231 e. The minimum atomic E-state index is -0.107. The zero-order valence-corrected chi connectivity index (χ0v) is 12.3. The summed E-state index contributed by atoms with van der Waals surface area (Å²) >= 11 is 0. The van der Waals surface area contributed by atoms with Crippen LogP contribution in [0.1, 0.15) is 54.0 Å². The van der Waals surface area contributed by atoms with Crippen LogP contribution in [0.2, 0.25) is 0 Å². The minimum absolute atomic E-state index is 0.0744. The van der Waals surface area contributed by atoms with Gasteiger partial charge in [-0.25, -0.2) is 0 Å². The monoisotopic (exact) mass is 274 g/mol. The van der Waals surface area contributed by atoms with Crippen molar-refractivity contribution in [1.29, 1.82) is 0 Å².